The average Bonchev–Trinajstić information content (AvgIpc) is 2.38. The van der Waals surface area contributed by atoms with Crippen molar-refractivity contribution in [3.63, 3.8) is 0 Å². The Morgan fingerprint density at radius 1 is 1.05 bits per heavy atom. The molecule has 2 aromatic rings. The van der Waals surface area contributed by atoms with Crippen molar-refractivity contribution in [3.05, 3.63) is 59.7 Å². The van der Waals surface area contributed by atoms with Crippen molar-refractivity contribution in [3.8, 4) is 5.75 Å². The summed E-state index contributed by atoms with van der Waals surface area (Å²) in [6.07, 6.45) is -3.30. The average molecular weight is 280 g/mol. The minimum absolute atomic E-state index is 0.153. The van der Waals surface area contributed by atoms with Crippen LogP contribution in [0.1, 0.15) is 11.1 Å². The van der Waals surface area contributed by atoms with Crippen molar-refractivity contribution in [1.29, 1.82) is 0 Å². The van der Waals surface area contributed by atoms with Gasteiger partial charge in [-0.25, -0.2) is 0 Å². The first-order valence-corrected chi connectivity index (χ1v) is 5.70. The Bertz CT molecular complexity index is 610. The summed E-state index contributed by atoms with van der Waals surface area (Å²) in [5.74, 6) is -0.457. The smallest absolute Gasteiger partial charge is 0.416 e. The van der Waals surface area contributed by atoms with Crippen LogP contribution in [0.2, 0.25) is 0 Å². The second kappa shape index (κ2) is 5.64. The fourth-order valence-corrected chi connectivity index (χ4v) is 1.57. The number of halogens is 3. The van der Waals surface area contributed by atoms with Gasteiger partial charge < -0.3 is 5.11 Å². The van der Waals surface area contributed by atoms with Crippen molar-refractivity contribution in [1.82, 2.24) is 0 Å². The quantitative estimate of drug-likeness (QED) is 0.662. The maximum atomic E-state index is 12.6. The molecule has 0 spiro atoms. The Morgan fingerprint density at radius 2 is 1.75 bits per heavy atom. The van der Waals surface area contributed by atoms with Gasteiger partial charge in [-0.15, -0.1) is 0 Å². The van der Waals surface area contributed by atoms with Crippen molar-refractivity contribution >= 4 is 11.9 Å². The minimum atomic E-state index is -4.51. The Morgan fingerprint density at radius 3 is 2.40 bits per heavy atom. The molecule has 0 aliphatic heterocycles. The van der Waals surface area contributed by atoms with Gasteiger partial charge in [-0.3, -0.25) is 5.43 Å². The summed E-state index contributed by atoms with van der Waals surface area (Å²) >= 11 is 0. The molecule has 0 aromatic heterocycles. The number of anilines is 1. The van der Waals surface area contributed by atoms with Gasteiger partial charge in [0.1, 0.15) is 5.75 Å². The highest BCUT2D eigenvalue weighted by Gasteiger charge is 2.31. The molecule has 0 aliphatic rings. The number of alkyl halides is 3. The lowest BCUT2D eigenvalue weighted by molar-refractivity contribution is -0.137. The molecule has 104 valence electrons. The van der Waals surface area contributed by atoms with Crippen LogP contribution in [0, 0.1) is 0 Å². The maximum Gasteiger partial charge on any atom is 0.416 e. The summed E-state index contributed by atoms with van der Waals surface area (Å²) < 4.78 is 37.7. The highest BCUT2D eigenvalue weighted by molar-refractivity contribution is 5.81. The lowest BCUT2D eigenvalue weighted by Gasteiger charge is -2.08. The number of nitrogens with zero attached hydrogens (tertiary/aromatic N) is 1. The summed E-state index contributed by atoms with van der Waals surface area (Å²) in [6, 6.07) is 11.7. The standard InChI is InChI=1S/C14H11F3N2O/c15-14(16,17)11-6-10(7-13(20)8-11)9-18-19-12-4-2-1-3-5-12/h1-9,19-20H. The van der Waals surface area contributed by atoms with Gasteiger partial charge in [-0.1, -0.05) is 18.2 Å². The molecule has 0 unspecified atom stereocenters. The number of nitrogens with one attached hydrogen (secondary N) is 1. The number of rotatable bonds is 3. The van der Waals surface area contributed by atoms with Crippen molar-refractivity contribution in [2.75, 3.05) is 5.43 Å². The van der Waals surface area contributed by atoms with E-state index in [2.05, 4.69) is 10.5 Å². The summed E-state index contributed by atoms with van der Waals surface area (Å²) in [5.41, 5.74) is 2.62. The molecule has 6 heteroatoms. The highest BCUT2D eigenvalue weighted by Crippen LogP contribution is 2.31. The third-order valence-corrected chi connectivity index (χ3v) is 2.45. The number of hydrogen-bond donors (Lipinski definition) is 2. The van der Waals surface area contributed by atoms with E-state index in [0.717, 1.165) is 6.07 Å². The molecule has 0 aliphatic carbocycles. The second-order valence-corrected chi connectivity index (χ2v) is 4.05. The monoisotopic (exact) mass is 280 g/mol. The first-order valence-electron chi connectivity index (χ1n) is 5.70. The Balaban J connectivity index is 2.15. The number of hydrogen-bond acceptors (Lipinski definition) is 3. The number of phenolic OH excluding ortho intramolecular Hbond substituents is 1. The first-order chi connectivity index (χ1) is 9.45. The second-order valence-electron chi connectivity index (χ2n) is 4.05. The molecule has 0 heterocycles. The summed E-state index contributed by atoms with van der Waals surface area (Å²) in [4.78, 5) is 0. The lowest BCUT2D eigenvalue weighted by atomic mass is 10.1. The Labute approximate surface area is 113 Å². The van der Waals surface area contributed by atoms with Crippen LogP contribution in [0.3, 0.4) is 0 Å². The number of para-hydroxylation sites is 1. The minimum Gasteiger partial charge on any atom is -0.508 e. The van der Waals surface area contributed by atoms with E-state index in [1.165, 1.54) is 12.3 Å². The molecule has 20 heavy (non-hydrogen) atoms. The van der Waals surface area contributed by atoms with Crippen molar-refractivity contribution in [2.45, 2.75) is 6.18 Å². The predicted molar refractivity (Wildman–Crippen MR) is 70.8 cm³/mol. The zero-order valence-corrected chi connectivity index (χ0v) is 10.2. The molecule has 0 fully saturated rings. The predicted octanol–water partition coefficient (Wildman–Crippen LogP) is 3.86. The molecule has 0 amide bonds. The van der Waals surface area contributed by atoms with Crippen LogP contribution in [0.4, 0.5) is 18.9 Å². The topological polar surface area (TPSA) is 44.6 Å². The number of phenols is 1. The highest BCUT2D eigenvalue weighted by atomic mass is 19.4. The zero-order chi connectivity index (χ0) is 14.6. The molecule has 2 rings (SSSR count). The van der Waals surface area contributed by atoms with Gasteiger partial charge in [0, 0.05) is 0 Å². The van der Waals surface area contributed by atoms with E-state index < -0.39 is 17.5 Å². The summed E-state index contributed by atoms with van der Waals surface area (Å²) in [5, 5.41) is 13.1. The van der Waals surface area contributed by atoms with Crippen molar-refractivity contribution in [2.24, 2.45) is 5.10 Å². The SMILES string of the molecule is Oc1cc(C=NNc2ccccc2)cc(C(F)(F)F)c1. The van der Waals surface area contributed by atoms with E-state index >= 15 is 0 Å². The number of hydrazone groups is 1. The Hall–Kier alpha value is -2.50. The van der Waals surface area contributed by atoms with Crippen LogP contribution in [0.5, 0.6) is 5.75 Å². The summed E-state index contributed by atoms with van der Waals surface area (Å²) in [6.45, 7) is 0. The largest absolute Gasteiger partial charge is 0.508 e. The molecule has 0 bridgehead atoms. The number of benzene rings is 2. The van der Waals surface area contributed by atoms with Gasteiger partial charge in [0.15, 0.2) is 0 Å². The molecule has 0 saturated heterocycles. The third-order valence-electron chi connectivity index (χ3n) is 2.45. The van der Waals surface area contributed by atoms with Gasteiger partial charge in [0.2, 0.25) is 0 Å². The molecule has 0 saturated carbocycles. The molecule has 0 atom stereocenters. The maximum absolute atomic E-state index is 12.6. The normalized spacial score (nSPS) is 11.8. The van der Waals surface area contributed by atoms with Crippen LogP contribution in [0.15, 0.2) is 53.6 Å². The number of aromatic hydroxyl groups is 1. The van der Waals surface area contributed by atoms with E-state index in [-0.39, 0.29) is 5.56 Å². The van der Waals surface area contributed by atoms with Crippen LogP contribution in [0.25, 0.3) is 0 Å². The molecule has 3 nitrogen and oxygen atoms in total. The van der Waals surface area contributed by atoms with Gasteiger partial charge >= 0.3 is 6.18 Å². The molecular weight excluding hydrogens is 269 g/mol. The van der Waals surface area contributed by atoms with Gasteiger partial charge in [-0.05, 0) is 35.9 Å². The van der Waals surface area contributed by atoms with Gasteiger partial charge in [0.05, 0.1) is 17.5 Å². The van der Waals surface area contributed by atoms with Gasteiger partial charge in [0.25, 0.3) is 0 Å². The first kappa shape index (κ1) is 13.9. The van der Waals surface area contributed by atoms with Crippen LogP contribution in [-0.2, 0) is 6.18 Å². The molecule has 2 N–H and O–H groups in total. The molecule has 2 aromatic carbocycles. The van der Waals surface area contributed by atoms with E-state index in [4.69, 9.17) is 0 Å². The molecule has 0 radical (unpaired) electrons. The third kappa shape index (κ3) is 3.74. The molecular formula is C14H11F3N2O. The Kier molecular flexibility index (Phi) is 3.93. The van der Waals surface area contributed by atoms with Crippen LogP contribution < -0.4 is 5.43 Å². The van der Waals surface area contributed by atoms with E-state index in [9.17, 15) is 18.3 Å². The van der Waals surface area contributed by atoms with Gasteiger partial charge in [-0.2, -0.15) is 18.3 Å². The lowest BCUT2D eigenvalue weighted by Crippen LogP contribution is -2.05. The van der Waals surface area contributed by atoms with Crippen LogP contribution >= 0.6 is 0 Å². The summed E-state index contributed by atoms with van der Waals surface area (Å²) in [7, 11) is 0. The fraction of sp³-hybridized carbons (Fsp3) is 0.0714. The van der Waals surface area contributed by atoms with Crippen LogP contribution in [-0.4, -0.2) is 11.3 Å². The van der Waals surface area contributed by atoms with Crippen molar-refractivity contribution < 1.29 is 18.3 Å². The fourth-order valence-electron chi connectivity index (χ4n) is 1.57. The van der Waals surface area contributed by atoms with E-state index in [1.54, 1.807) is 24.3 Å². The van der Waals surface area contributed by atoms with E-state index in [1.807, 2.05) is 6.07 Å². The zero-order valence-electron chi connectivity index (χ0n) is 10.2. The van der Waals surface area contributed by atoms with E-state index in [0.29, 0.717) is 11.8 Å².